The van der Waals surface area contributed by atoms with Gasteiger partial charge in [0, 0.05) is 37.0 Å². The number of hydrogen-bond donors (Lipinski definition) is 2. The number of aromatic nitrogens is 1. The minimum absolute atomic E-state index is 0.0526. The third kappa shape index (κ3) is 4.77. The van der Waals surface area contributed by atoms with Crippen molar-refractivity contribution in [3.05, 3.63) is 84.8 Å². The zero-order valence-electron chi connectivity index (χ0n) is 21.4. The largest absolute Gasteiger partial charge is 0.457 e. The predicted molar refractivity (Wildman–Crippen MR) is 148 cm³/mol. The number of hydrogen-bond acceptors (Lipinski definition) is 6. The molecule has 0 spiro atoms. The number of urea groups is 1. The van der Waals surface area contributed by atoms with E-state index in [2.05, 4.69) is 22.2 Å². The average molecular weight is 560 g/mol. The number of para-hydroxylation sites is 1. The molecule has 1 aromatic heterocycles. The molecule has 2 N–H and O–H groups in total. The summed E-state index contributed by atoms with van der Waals surface area (Å²) < 4.78 is 21.1. The van der Waals surface area contributed by atoms with E-state index in [1.54, 1.807) is 35.4 Å². The molecule has 1 fully saturated rings. The number of thioether (sulfide) groups is 1. The molecule has 0 saturated carbocycles. The molecule has 11 heteroatoms. The summed E-state index contributed by atoms with van der Waals surface area (Å²) >= 11 is 1.26. The van der Waals surface area contributed by atoms with E-state index in [4.69, 9.17) is 4.74 Å². The van der Waals surface area contributed by atoms with Gasteiger partial charge in [-0.25, -0.2) is 14.2 Å². The number of amides is 4. The number of ether oxygens (including phenoxy) is 1. The molecule has 0 aliphatic carbocycles. The van der Waals surface area contributed by atoms with Crippen LogP contribution in [0.15, 0.2) is 78.5 Å². The lowest BCUT2D eigenvalue weighted by atomic mass is 9.99. The van der Waals surface area contributed by atoms with Crippen molar-refractivity contribution in [2.75, 3.05) is 18.0 Å². The fraction of sp³-hybridized carbons (Fsp3) is 0.241. The molecule has 2 aromatic carbocycles. The molecule has 9 nitrogen and oxygen atoms in total. The van der Waals surface area contributed by atoms with Crippen molar-refractivity contribution >= 4 is 41.0 Å². The summed E-state index contributed by atoms with van der Waals surface area (Å²) in [5.74, 6) is -0.189. The third-order valence-electron chi connectivity index (χ3n) is 7.16. The quantitative estimate of drug-likeness (QED) is 0.425. The number of nitrogens with one attached hydrogen (secondary N) is 2. The summed E-state index contributed by atoms with van der Waals surface area (Å²) in [5.41, 5.74) is 1.19. The maximum absolute atomic E-state index is 15.4. The van der Waals surface area contributed by atoms with Gasteiger partial charge in [0.05, 0.1) is 17.4 Å². The molecule has 2 unspecified atom stereocenters. The number of carbonyl (C=O) groups is 3. The maximum Gasteiger partial charge on any atom is 0.327 e. The van der Waals surface area contributed by atoms with Gasteiger partial charge in [-0.05, 0) is 49.2 Å². The van der Waals surface area contributed by atoms with Crippen LogP contribution in [-0.2, 0) is 9.59 Å². The van der Waals surface area contributed by atoms with Crippen molar-refractivity contribution in [2.45, 2.75) is 35.2 Å². The second-order valence-electron chi connectivity index (χ2n) is 9.71. The Hall–Kier alpha value is -4.38. The van der Waals surface area contributed by atoms with Crippen molar-refractivity contribution in [1.29, 1.82) is 0 Å². The van der Waals surface area contributed by atoms with Crippen LogP contribution in [0.25, 0.3) is 0 Å². The molecule has 6 rings (SSSR count). The number of piperidine rings is 1. The van der Waals surface area contributed by atoms with Gasteiger partial charge in [-0.1, -0.05) is 36.5 Å². The summed E-state index contributed by atoms with van der Waals surface area (Å²) in [6, 6.07) is 13.6. The molecule has 3 atom stereocenters. The second-order valence-corrected chi connectivity index (χ2v) is 10.8. The van der Waals surface area contributed by atoms with Gasteiger partial charge in [0.15, 0.2) is 5.82 Å². The lowest BCUT2D eigenvalue weighted by molar-refractivity contribution is -0.129. The van der Waals surface area contributed by atoms with Crippen LogP contribution < -0.4 is 20.3 Å². The van der Waals surface area contributed by atoms with Crippen molar-refractivity contribution in [1.82, 2.24) is 20.5 Å². The fourth-order valence-electron chi connectivity index (χ4n) is 5.33. The first-order valence-electron chi connectivity index (χ1n) is 12.9. The van der Waals surface area contributed by atoms with Crippen LogP contribution in [0.4, 0.5) is 20.6 Å². The van der Waals surface area contributed by atoms with Gasteiger partial charge in [0.2, 0.25) is 11.8 Å². The predicted octanol–water partition coefficient (Wildman–Crippen LogP) is 4.68. The van der Waals surface area contributed by atoms with E-state index in [-0.39, 0.29) is 23.5 Å². The monoisotopic (exact) mass is 559 g/mol. The highest BCUT2D eigenvalue weighted by molar-refractivity contribution is 8.01. The van der Waals surface area contributed by atoms with Crippen molar-refractivity contribution in [2.24, 2.45) is 0 Å². The standard InChI is InChI=1S/C29H26FN5O4S/c1-2-23(36)34-14-6-7-17(16-34)32-27(37)26-25-24-22(12-13-31-28(24)40-26)35(29(38)33-25)21-11-10-19(15-20(21)30)39-18-8-4-3-5-9-18/h2-5,8-13,15,17,25-26H,1,6-7,14,16H2,(H,32,37)(H,33,38)/t17?,25?,26-/m1/s1. The molecule has 40 heavy (non-hydrogen) atoms. The molecule has 3 aliphatic heterocycles. The highest BCUT2D eigenvalue weighted by atomic mass is 32.2. The minimum atomic E-state index is -0.660. The Kier molecular flexibility index (Phi) is 6.89. The Morgan fingerprint density at radius 3 is 2.75 bits per heavy atom. The molecule has 1 saturated heterocycles. The molecule has 0 bridgehead atoms. The normalized spacial score (nSPS) is 21.3. The Morgan fingerprint density at radius 1 is 1.15 bits per heavy atom. The smallest absolute Gasteiger partial charge is 0.327 e. The maximum atomic E-state index is 15.4. The zero-order chi connectivity index (χ0) is 27.8. The first-order valence-corrected chi connectivity index (χ1v) is 13.8. The number of likely N-dealkylation sites (tertiary alicyclic amines) is 1. The third-order valence-corrected chi connectivity index (χ3v) is 8.45. The highest BCUT2D eigenvalue weighted by Gasteiger charge is 2.47. The van der Waals surface area contributed by atoms with E-state index in [0.29, 0.717) is 40.9 Å². The summed E-state index contributed by atoms with van der Waals surface area (Å²) in [7, 11) is 0. The first kappa shape index (κ1) is 25.9. The number of rotatable bonds is 6. The van der Waals surface area contributed by atoms with Gasteiger partial charge >= 0.3 is 6.03 Å². The van der Waals surface area contributed by atoms with Gasteiger partial charge < -0.3 is 20.3 Å². The van der Waals surface area contributed by atoms with Crippen molar-refractivity contribution < 1.29 is 23.5 Å². The Balaban J connectivity index is 1.23. The van der Waals surface area contributed by atoms with Crippen LogP contribution in [0, 0.1) is 5.82 Å². The molecular weight excluding hydrogens is 533 g/mol. The molecular formula is C29H26FN5O4S. The van der Waals surface area contributed by atoms with E-state index >= 15 is 4.39 Å². The van der Waals surface area contributed by atoms with Crippen LogP contribution in [0.1, 0.15) is 24.4 Å². The number of benzene rings is 2. The van der Waals surface area contributed by atoms with Gasteiger partial charge in [-0.3, -0.25) is 14.5 Å². The van der Waals surface area contributed by atoms with Crippen LogP contribution in [0.2, 0.25) is 0 Å². The molecule has 0 radical (unpaired) electrons. The Labute approximate surface area is 234 Å². The second kappa shape index (κ2) is 10.6. The molecule has 3 aliphatic rings. The fourth-order valence-corrected chi connectivity index (χ4v) is 6.56. The van der Waals surface area contributed by atoms with Crippen LogP contribution >= 0.6 is 11.8 Å². The molecule has 3 aromatic rings. The zero-order valence-corrected chi connectivity index (χ0v) is 22.2. The van der Waals surface area contributed by atoms with E-state index in [1.165, 1.54) is 34.9 Å². The molecule has 4 heterocycles. The number of pyridine rings is 1. The number of nitrogens with zero attached hydrogens (tertiary/aromatic N) is 3. The van der Waals surface area contributed by atoms with Crippen molar-refractivity contribution in [3.63, 3.8) is 0 Å². The van der Waals surface area contributed by atoms with E-state index in [1.807, 2.05) is 18.2 Å². The molecule has 204 valence electrons. The van der Waals surface area contributed by atoms with E-state index < -0.39 is 23.1 Å². The Bertz CT molecular complexity index is 1500. The number of carbonyl (C=O) groups excluding carboxylic acids is 3. The Morgan fingerprint density at radius 2 is 1.98 bits per heavy atom. The SMILES string of the molecule is C=CC(=O)N1CCCC(NC(=O)[C@@H]2Sc3nccc4c3C2NC(=O)N4c2ccc(Oc3ccccc3)cc2F)C1. The minimum Gasteiger partial charge on any atom is -0.457 e. The van der Waals surface area contributed by atoms with Gasteiger partial charge in [-0.15, -0.1) is 0 Å². The summed E-state index contributed by atoms with van der Waals surface area (Å²) in [6.07, 6.45) is 4.34. The number of halogens is 1. The van der Waals surface area contributed by atoms with E-state index in [0.717, 1.165) is 12.8 Å². The van der Waals surface area contributed by atoms with Crippen LogP contribution in [0.5, 0.6) is 11.5 Å². The lowest BCUT2D eigenvalue weighted by Crippen LogP contribution is -2.53. The topological polar surface area (TPSA) is 104 Å². The number of anilines is 2. The lowest BCUT2D eigenvalue weighted by Gasteiger charge is -2.35. The van der Waals surface area contributed by atoms with Crippen LogP contribution in [-0.4, -0.2) is 52.1 Å². The van der Waals surface area contributed by atoms with Gasteiger partial charge in [0.1, 0.15) is 21.8 Å². The first-order chi connectivity index (χ1) is 19.4. The van der Waals surface area contributed by atoms with Gasteiger partial charge in [-0.2, -0.15) is 0 Å². The highest BCUT2D eigenvalue weighted by Crippen LogP contribution is 2.51. The van der Waals surface area contributed by atoms with Gasteiger partial charge in [0.25, 0.3) is 0 Å². The summed E-state index contributed by atoms with van der Waals surface area (Å²) in [5, 5.41) is 5.89. The average Bonchev–Trinajstić information content (AvgIpc) is 3.33. The van der Waals surface area contributed by atoms with E-state index in [9.17, 15) is 14.4 Å². The van der Waals surface area contributed by atoms with Crippen LogP contribution in [0.3, 0.4) is 0 Å². The molecule has 4 amide bonds. The van der Waals surface area contributed by atoms with Crippen molar-refractivity contribution in [3.8, 4) is 11.5 Å². The summed E-state index contributed by atoms with van der Waals surface area (Å²) in [4.78, 5) is 46.2. The summed E-state index contributed by atoms with van der Waals surface area (Å²) in [6.45, 7) is 4.57.